The molecule has 0 spiro atoms. The minimum absolute atomic E-state index is 0.0740. The molecule has 7 nitrogen and oxygen atoms in total. The monoisotopic (exact) mass is 452 g/mol. The average Bonchev–Trinajstić information content (AvgIpc) is 2.78. The van der Waals surface area contributed by atoms with Crippen molar-refractivity contribution in [2.75, 3.05) is 6.61 Å². The molecule has 4 atom stereocenters. The van der Waals surface area contributed by atoms with Gasteiger partial charge in [0.1, 0.15) is 0 Å². The molecule has 0 unspecified atom stereocenters. The molecule has 1 fully saturated rings. The Kier molecular flexibility index (Phi) is 8.34. The summed E-state index contributed by atoms with van der Waals surface area (Å²) < 4.78 is 37.9. The summed E-state index contributed by atoms with van der Waals surface area (Å²) >= 11 is 1.13. The number of rotatable bonds is 6. The van der Waals surface area contributed by atoms with Crippen LogP contribution in [0.3, 0.4) is 0 Å². The summed E-state index contributed by atoms with van der Waals surface area (Å²) in [6.45, 7) is 14.4. The van der Waals surface area contributed by atoms with Crippen LogP contribution in [0.15, 0.2) is 0 Å². The molecule has 0 bridgehead atoms. The van der Waals surface area contributed by atoms with E-state index in [1.54, 1.807) is 41.5 Å². The van der Waals surface area contributed by atoms with Gasteiger partial charge in [-0.3, -0.25) is 18.5 Å². The van der Waals surface area contributed by atoms with E-state index < -0.39 is 59.5 Å². The predicted molar refractivity (Wildman–Crippen MR) is 110 cm³/mol. The Morgan fingerprint density at radius 2 is 1.24 bits per heavy atom. The lowest BCUT2D eigenvalue weighted by atomic mass is 10.1. The van der Waals surface area contributed by atoms with Crippen LogP contribution in [0.1, 0.15) is 62.3 Å². The number of hydrogen-bond acceptors (Lipinski definition) is 8. The topological polar surface area (TPSA) is 88.1 Å². The first kappa shape index (κ1) is 25.9. The van der Waals surface area contributed by atoms with E-state index in [1.807, 2.05) is 0 Å². The van der Waals surface area contributed by atoms with E-state index in [0.29, 0.717) is 0 Å². The molecule has 1 saturated heterocycles. The Labute approximate surface area is 177 Å². The van der Waals surface area contributed by atoms with Crippen molar-refractivity contribution in [1.82, 2.24) is 0 Å². The summed E-state index contributed by atoms with van der Waals surface area (Å²) in [6.07, 6.45) is -1.93. The highest BCUT2D eigenvalue weighted by atomic mass is 32.2. The molecule has 1 aliphatic rings. The van der Waals surface area contributed by atoms with E-state index >= 15 is 4.11 Å². The average molecular weight is 453 g/mol. The number of esters is 3. The lowest BCUT2D eigenvalue weighted by molar-refractivity contribution is -0.173. The molecule has 0 radical (unpaired) electrons. The largest absolute Gasteiger partial charge is 0.457 e. The molecule has 0 amide bonds. The van der Waals surface area contributed by atoms with E-state index in [2.05, 4.69) is 0 Å². The van der Waals surface area contributed by atoms with Gasteiger partial charge in [-0.25, -0.2) is 0 Å². The van der Waals surface area contributed by atoms with Gasteiger partial charge in [0, 0.05) is 30.8 Å². The van der Waals surface area contributed by atoms with Crippen molar-refractivity contribution in [1.29, 1.82) is 0 Å². The minimum Gasteiger partial charge on any atom is -0.457 e. The molecule has 0 aliphatic carbocycles. The van der Waals surface area contributed by atoms with Gasteiger partial charge in [0.05, 0.1) is 11.9 Å². The summed E-state index contributed by atoms with van der Waals surface area (Å²) in [5.41, 5.74) is -0.880. The highest BCUT2D eigenvalue weighted by Crippen LogP contribution is 2.53. The third-order valence-electron chi connectivity index (χ3n) is 4.53. The summed E-state index contributed by atoms with van der Waals surface area (Å²) in [6, 6.07) is 0. The zero-order valence-corrected chi connectivity index (χ0v) is 20.5. The molecule has 1 rings (SSSR count). The summed E-state index contributed by atoms with van der Waals surface area (Å²) in [5.74, 6) is -1.76. The van der Waals surface area contributed by atoms with Crippen LogP contribution in [-0.2, 0) is 33.0 Å². The van der Waals surface area contributed by atoms with Crippen molar-refractivity contribution < 1.29 is 37.1 Å². The standard InChI is InChI=1S/C19H33FO7SSi/c1-11(21)25-15-14(10-24-29(20,18(4,5)6)19(7,8)9)28-17(27-13(3)23)16(15)26-12(2)22/h14-17H,10H2,1-9H3/t14-,15-,16-,17-/m1/s1. The van der Waals surface area contributed by atoms with Gasteiger partial charge < -0.3 is 18.6 Å². The fraction of sp³-hybridized carbons (Fsp3) is 0.842. The second-order valence-electron chi connectivity index (χ2n) is 9.21. The molecule has 1 heterocycles. The van der Waals surface area contributed by atoms with Crippen LogP contribution >= 0.6 is 11.8 Å². The van der Waals surface area contributed by atoms with Crippen molar-refractivity contribution >= 4 is 38.3 Å². The maximum absolute atomic E-state index is 16.1. The zero-order chi connectivity index (χ0) is 22.8. The fourth-order valence-corrected chi connectivity index (χ4v) is 8.55. The highest BCUT2D eigenvalue weighted by Gasteiger charge is 2.59. The Morgan fingerprint density at radius 3 is 1.62 bits per heavy atom. The van der Waals surface area contributed by atoms with Gasteiger partial charge in [0.2, 0.25) is 0 Å². The van der Waals surface area contributed by atoms with Crippen LogP contribution in [-0.4, -0.2) is 56.1 Å². The van der Waals surface area contributed by atoms with Crippen molar-refractivity contribution in [2.45, 2.75) is 95.3 Å². The third-order valence-corrected chi connectivity index (χ3v) is 10.3. The van der Waals surface area contributed by atoms with E-state index in [0.717, 1.165) is 11.8 Å². The van der Waals surface area contributed by atoms with Crippen LogP contribution in [0.4, 0.5) is 4.11 Å². The van der Waals surface area contributed by atoms with Crippen molar-refractivity contribution in [3.05, 3.63) is 0 Å². The Bertz CT molecular complexity index is 615. The molecule has 0 N–H and O–H groups in total. The Hall–Kier alpha value is -1.13. The van der Waals surface area contributed by atoms with Crippen LogP contribution in [0.2, 0.25) is 10.1 Å². The molecule has 0 aromatic carbocycles. The van der Waals surface area contributed by atoms with Crippen molar-refractivity contribution in [3.8, 4) is 0 Å². The van der Waals surface area contributed by atoms with Crippen molar-refractivity contribution in [2.24, 2.45) is 0 Å². The van der Waals surface area contributed by atoms with E-state index in [1.165, 1.54) is 20.8 Å². The summed E-state index contributed by atoms with van der Waals surface area (Å²) in [7, 11) is -3.77. The Morgan fingerprint density at radius 1 is 0.828 bits per heavy atom. The van der Waals surface area contributed by atoms with Crippen LogP contribution in [0.5, 0.6) is 0 Å². The van der Waals surface area contributed by atoms with Crippen LogP contribution < -0.4 is 0 Å². The molecular weight excluding hydrogens is 419 g/mol. The maximum Gasteiger partial charge on any atom is 0.394 e. The minimum atomic E-state index is -3.77. The van der Waals surface area contributed by atoms with Crippen molar-refractivity contribution in [3.63, 3.8) is 0 Å². The van der Waals surface area contributed by atoms with Gasteiger partial charge in [-0.05, 0) is 0 Å². The van der Waals surface area contributed by atoms with Gasteiger partial charge in [-0.15, -0.1) is 11.8 Å². The fourth-order valence-electron chi connectivity index (χ4n) is 3.49. The van der Waals surface area contributed by atoms with Gasteiger partial charge in [-0.2, -0.15) is 0 Å². The number of ether oxygens (including phenoxy) is 3. The number of carbonyl (C=O) groups excluding carboxylic acids is 3. The zero-order valence-electron chi connectivity index (χ0n) is 18.7. The first-order valence-electron chi connectivity index (χ1n) is 9.49. The summed E-state index contributed by atoms with van der Waals surface area (Å²) in [5, 5.41) is -1.97. The van der Waals surface area contributed by atoms with Gasteiger partial charge >= 0.3 is 26.6 Å². The number of hydrogen-bond donors (Lipinski definition) is 0. The van der Waals surface area contributed by atoms with E-state index in [4.69, 9.17) is 18.6 Å². The van der Waals surface area contributed by atoms with Gasteiger partial charge in [0.15, 0.2) is 17.6 Å². The van der Waals surface area contributed by atoms with Crippen LogP contribution in [0.25, 0.3) is 0 Å². The lowest BCUT2D eigenvalue weighted by Gasteiger charge is -2.43. The van der Waals surface area contributed by atoms with E-state index in [-0.39, 0.29) is 6.61 Å². The maximum atomic E-state index is 16.1. The second kappa shape index (κ2) is 9.34. The SMILES string of the molecule is CC(=O)O[C@@H]1[C@H](OC(C)=O)[C@@H](CO[Si](F)(C(C)(C)C)C(C)(C)C)S[C@H]1OC(C)=O. The molecule has 10 heteroatoms. The summed E-state index contributed by atoms with van der Waals surface area (Å²) in [4.78, 5) is 34.7. The van der Waals surface area contributed by atoms with Gasteiger partial charge in [-0.1, -0.05) is 41.5 Å². The lowest BCUT2D eigenvalue weighted by Crippen LogP contribution is -2.52. The molecule has 29 heavy (non-hydrogen) atoms. The molecular formula is C19H33FO7SSi. The number of carbonyl (C=O) groups is 3. The molecule has 0 aromatic heterocycles. The van der Waals surface area contributed by atoms with Crippen LogP contribution in [0, 0.1) is 0 Å². The normalized spacial score (nSPS) is 25.4. The molecule has 168 valence electrons. The van der Waals surface area contributed by atoms with E-state index in [9.17, 15) is 14.4 Å². The third kappa shape index (κ3) is 6.42. The second-order valence-corrected chi connectivity index (χ2v) is 15.0. The van der Waals surface area contributed by atoms with Gasteiger partial charge in [0.25, 0.3) is 0 Å². The smallest absolute Gasteiger partial charge is 0.394 e. The molecule has 1 aliphatic heterocycles. The number of halogens is 1. The highest BCUT2D eigenvalue weighted by molar-refractivity contribution is 8.00. The molecule has 0 aromatic rings. The molecule has 0 saturated carbocycles. The Balaban J connectivity index is 3.17. The first-order chi connectivity index (χ1) is 13.0. The first-order valence-corrected chi connectivity index (χ1v) is 12.2. The quantitative estimate of drug-likeness (QED) is 0.260. The predicted octanol–water partition coefficient (Wildman–Crippen LogP) is 3.88. The number of thioether (sulfide) groups is 1.